The fraction of sp³-hybridized carbons (Fsp3) is 0.889. The lowest BCUT2D eigenvalue weighted by Crippen LogP contribution is -2.44. The van der Waals surface area contributed by atoms with Crippen molar-refractivity contribution >= 4 is 6.03 Å². The third-order valence-corrected chi connectivity index (χ3v) is 2.05. The Kier molecular flexibility index (Phi) is 6.32. The molecule has 0 fully saturated rings. The number of nitrogens with one attached hydrogen (secondary N) is 1. The van der Waals surface area contributed by atoms with Gasteiger partial charge in [0.1, 0.15) is 0 Å². The van der Waals surface area contributed by atoms with Crippen LogP contribution in [-0.2, 0) is 0 Å². The van der Waals surface area contributed by atoms with Crippen molar-refractivity contribution in [1.82, 2.24) is 10.2 Å². The third kappa shape index (κ3) is 4.72. The normalized spacial score (nSPS) is 12.3. The van der Waals surface area contributed by atoms with Crippen molar-refractivity contribution in [2.75, 3.05) is 20.2 Å². The van der Waals surface area contributed by atoms with Gasteiger partial charge in [-0.15, -0.1) is 0 Å². The molecule has 0 aliphatic carbocycles. The first-order valence-electron chi connectivity index (χ1n) is 4.75. The van der Waals surface area contributed by atoms with E-state index in [0.717, 1.165) is 12.8 Å². The summed E-state index contributed by atoms with van der Waals surface area (Å²) in [5, 5.41) is 11.6. The molecule has 0 bridgehead atoms. The standard InChI is InChI=1S/C9H20N2O2/c1-4-5-6-10-9(13)11(3)8(2)7-12/h8,12H,4-7H2,1-3H3,(H,10,13). The molecular formula is C9H20N2O2. The van der Waals surface area contributed by atoms with Crippen LogP contribution in [0.3, 0.4) is 0 Å². The summed E-state index contributed by atoms with van der Waals surface area (Å²) in [5.74, 6) is 0. The van der Waals surface area contributed by atoms with Crippen LogP contribution >= 0.6 is 0 Å². The van der Waals surface area contributed by atoms with Crippen LogP contribution in [0.25, 0.3) is 0 Å². The SMILES string of the molecule is CCCCNC(=O)N(C)C(C)CO. The number of aliphatic hydroxyl groups is 1. The summed E-state index contributed by atoms with van der Waals surface area (Å²) in [6.07, 6.45) is 2.06. The van der Waals surface area contributed by atoms with Gasteiger partial charge in [0.05, 0.1) is 12.6 Å². The number of urea groups is 1. The molecule has 4 nitrogen and oxygen atoms in total. The summed E-state index contributed by atoms with van der Waals surface area (Å²) >= 11 is 0. The average molecular weight is 188 g/mol. The molecule has 0 radical (unpaired) electrons. The molecule has 0 rings (SSSR count). The number of rotatable bonds is 5. The number of hydrogen-bond donors (Lipinski definition) is 2. The maximum absolute atomic E-state index is 11.3. The Balaban J connectivity index is 3.69. The lowest BCUT2D eigenvalue weighted by atomic mass is 10.3. The highest BCUT2D eigenvalue weighted by atomic mass is 16.3. The quantitative estimate of drug-likeness (QED) is 0.627. The lowest BCUT2D eigenvalue weighted by Gasteiger charge is -2.23. The van der Waals surface area contributed by atoms with E-state index in [-0.39, 0.29) is 18.7 Å². The second-order valence-corrected chi connectivity index (χ2v) is 3.23. The Hall–Kier alpha value is -0.770. The highest BCUT2D eigenvalue weighted by Crippen LogP contribution is 1.94. The number of nitrogens with zero attached hydrogens (tertiary/aromatic N) is 1. The molecule has 2 N–H and O–H groups in total. The number of amides is 2. The van der Waals surface area contributed by atoms with Crippen LogP contribution < -0.4 is 5.32 Å². The van der Waals surface area contributed by atoms with Gasteiger partial charge < -0.3 is 15.3 Å². The van der Waals surface area contributed by atoms with Crippen LogP contribution in [0.15, 0.2) is 0 Å². The van der Waals surface area contributed by atoms with E-state index in [9.17, 15) is 4.79 Å². The molecule has 1 atom stereocenters. The topological polar surface area (TPSA) is 52.6 Å². The first kappa shape index (κ1) is 12.2. The van der Waals surface area contributed by atoms with Crippen molar-refractivity contribution in [3.05, 3.63) is 0 Å². The molecule has 1 unspecified atom stereocenters. The van der Waals surface area contributed by atoms with Crippen molar-refractivity contribution in [2.24, 2.45) is 0 Å². The first-order chi connectivity index (χ1) is 6.13. The largest absolute Gasteiger partial charge is 0.394 e. The van der Waals surface area contributed by atoms with Gasteiger partial charge in [-0.05, 0) is 13.3 Å². The van der Waals surface area contributed by atoms with E-state index in [1.807, 2.05) is 0 Å². The van der Waals surface area contributed by atoms with E-state index in [0.29, 0.717) is 6.54 Å². The molecule has 78 valence electrons. The van der Waals surface area contributed by atoms with Gasteiger partial charge in [0, 0.05) is 13.6 Å². The molecule has 0 aliphatic rings. The maximum atomic E-state index is 11.3. The van der Waals surface area contributed by atoms with Crippen LogP contribution in [0, 0.1) is 0 Å². The summed E-state index contributed by atoms with van der Waals surface area (Å²) in [6, 6.07) is -0.239. The summed E-state index contributed by atoms with van der Waals surface area (Å²) < 4.78 is 0. The zero-order chi connectivity index (χ0) is 10.3. The number of aliphatic hydroxyl groups excluding tert-OH is 1. The monoisotopic (exact) mass is 188 g/mol. The van der Waals surface area contributed by atoms with E-state index in [4.69, 9.17) is 5.11 Å². The second-order valence-electron chi connectivity index (χ2n) is 3.23. The minimum absolute atomic E-state index is 0.00228. The molecule has 0 saturated carbocycles. The lowest BCUT2D eigenvalue weighted by molar-refractivity contribution is 0.157. The molecule has 0 saturated heterocycles. The molecule has 0 spiro atoms. The van der Waals surface area contributed by atoms with Gasteiger partial charge in [-0.1, -0.05) is 13.3 Å². The van der Waals surface area contributed by atoms with Crippen molar-refractivity contribution in [3.8, 4) is 0 Å². The minimum Gasteiger partial charge on any atom is -0.394 e. The summed E-state index contributed by atoms with van der Waals surface area (Å²) in [5.41, 5.74) is 0. The Morgan fingerprint density at radius 2 is 2.23 bits per heavy atom. The second kappa shape index (κ2) is 6.71. The molecule has 0 aromatic rings. The van der Waals surface area contributed by atoms with Crippen LogP contribution in [-0.4, -0.2) is 42.3 Å². The van der Waals surface area contributed by atoms with Gasteiger partial charge in [-0.2, -0.15) is 0 Å². The Bertz CT molecular complexity index is 151. The number of hydrogen-bond acceptors (Lipinski definition) is 2. The van der Waals surface area contributed by atoms with Gasteiger partial charge in [0.15, 0.2) is 0 Å². The van der Waals surface area contributed by atoms with Crippen molar-refractivity contribution in [3.63, 3.8) is 0 Å². The highest BCUT2D eigenvalue weighted by Gasteiger charge is 2.13. The fourth-order valence-corrected chi connectivity index (χ4v) is 0.819. The number of unbranched alkanes of at least 4 members (excludes halogenated alkanes) is 1. The Morgan fingerprint density at radius 1 is 1.62 bits per heavy atom. The van der Waals surface area contributed by atoms with Crippen molar-refractivity contribution in [2.45, 2.75) is 32.7 Å². The van der Waals surface area contributed by atoms with E-state index in [2.05, 4.69) is 12.2 Å². The highest BCUT2D eigenvalue weighted by molar-refractivity contribution is 5.74. The minimum atomic E-state index is -0.123. The predicted molar refractivity (Wildman–Crippen MR) is 52.6 cm³/mol. The van der Waals surface area contributed by atoms with E-state index < -0.39 is 0 Å². The molecule has 0 aliphatic heterocycles. The average Bonchev–Trinajstić information content (AvgIpc) is 2.15. The van der Waals surface area contributed by atoms with E-state index in [1.54, 1.807) is 14.0 Å². The molecule has 0 aromatic carbocycles. The number of likely N-dealkylation sites (N-methyl/N-ethyl adjacent to an activating group) is 1. The smallest absolute Gasteiger partial charge is 0.317 e. The van der Waals surface area contributed by atoms with E-state index in [1.165, 1.54) is 4.90 Å². The molecule has 2 amide bonds. The van der Waals surface area contributed by atoms with Gasteiger partial charge in [0.25, 0.3) is 0 Å². The summed E-state index contributed by atoms with van der Waals surface area (Å²) in [7, 11) is 1.68. The summed E-state index contributed by atoms with van der Waals surface area (Å²) in [6.45, 7) is 4.58. The van der Waals surface area contributed by atoms with E-state index >= 15 is 0 Å². The zero-order valence-corrected chi connectivity index (χ0v) is 8.71. The molecular weight excluding hydrogens is 168 g/mol. The van der Waals surface area contributed by atoms with Crippen LogP contribution in [0.5, 0.6) is 0 Å². The Labute approximate surface area is 79.9 Å². The van der Waals surface area contributed by atoms with Gasteiger partial charge in [-0.25, -0.2) is 4.79 Å². The first-order valence-corrected chi connectivity index (χ1v) is 4.75. The predicted octanol–water partition coefficient (Wildman–Crippen LogP) is 0.809. The van der Waals surface area contributed by atoms with Crippen LogP contribution in [0.1, 0.15) is 26.7 Å². The third-order valence-electron chi connectivity index (χ3n) is 2.05. The Morgan fingerprint density at radius 3 is 2.69 bits per heavy atom. The summed E-state index contributed by atoms with van der Waals surface area (Å²) in [4.78, 5) is 12.8. The zero-order valence-electron chi connectivity index (χ0n) is 8.71. The number of carbonyl (C=O) groups is 1. The van der Waals surface area contributed by atoms with Crippen LogP contribution in [0.4, 0.5) is 4.79 Å². The fourth-order valence-electron chi connectivity index (χ4n) is 0.819. The molecule has 0 aromatic heterocycles. The van der Waals surface area contributed by atoms with Crippen molar-refractivity contribution in [1.29, 1.82) is 0 Å². The van der Waals surface area contributed by atoms with Gasteiger partial charge >= 0.3 is 6.03 Å². The van der Waals surface area contributed by atoms with Crippen LogP contribution in [0.2, 0.25) is 0 Å². The van der Waals surface area contributed by atoms with Gasteiger partial charge in [-0.3, -0.25) is 0 Å². The molecule has 13 heavy (non-hydrogen) atoms. The number of carbonyl (C=O) groups excluding carboxylic acids is 1. The molecule has 0 heterocycles. The van der Waals surface area contributed by atoms with Crippen molar-refractivity contribution < 1.29 is 9.90 Å². The van der Waals surface area contributed by atoms with Gasteiger partial charge in [0.2, 0.25) is 0 Å². The molecule has 4 heteroatoms. The maximum Gasteiger partial charge on any atom is 0.317 e.